The van der Waals surface area contributed by atoms with Crippen LogP contribution in [-0.4, -0.2) is 35.6 Å². The van der Waals surface area contributed by atoms with Gasteiger partial charge in [0.2, 0.25) is 0 Å². The van der Waals surface area contributed by atoms with Crippen molar-refractivity contribution in [1.82, 2.24) is 24.5 Å². The average molecular weight is 472 g/mol. The van der Waals surface area contributed by atoms with Gasteiger partial charge in [-0.05, 0) is 25.0 Å². The number of fused-ring (bicyclic) bond motifs is 5. The molecular formula is C26H25N5O4. The summed E-state index contributed by atoms with van der Waals surface area (Å²) in [5.41, 5.74) is 2.98. The molecule has 1 aromatic carbocycles. The molecule has 0 radical (unpaired) electrons. The van der Waals surface area contributed by atoms with Crippen LogP contribution < -0.4 is 5.56 Å². The number of hydrogen-bond donors (Lipinski definition) is 1. The van der Waals surface area contributed by atoms with Gasteiger partial charge in [0.25, 0.3) is 5.56 Å². The number of aryl methyl sites for hydroxylation is 1. The van der Waals surface area contributed by atoms with E-state index in [2.05, 4.69) is 17.2 Å². The van der Waals surface area contributed by atoms with Crippen molar-refractivity contribution in [2.75, 3.05) is 0 Å². The highest BCUT2D eigenvalue weighted by atomic mass is 16.6. The van der Waals surface area contributed by atoms with Crippen molar-refractivity contribution in [3.8, 4) is 22.6 Å². The van der Waals surface area contributed by atoms with Crippen LogP contribution in [0.25, 0.3) is 33.5 Å². The standard InChI is InChI=1S/C26H25N5O4/c1-3-5-10-30-13-20(28-29-30)22-15-8-6-7-9-19(15)27-23-16(22)12-31-21(23)11-18-17(24(31)32)14-35-25(33)26(18,34)4-2/h6-9,11,13,34H,3-5,10,12,14H2,1-2H3/t26-/m0/s1. The van der Waals surface area contributed by atoms with E-state index in [0.29, 0.717) is 29.1 Å². The molecule has 1 N–H and O–H groups in total. The van der Waals surface area contributed by atoms with E-state index >= 15 is 0 Å². The van der Waals surface area contributed by atoms with Crippen molar-refractivity contribution in [1.29, 1.82) is 0 Å². The minimum absolute atomic E-state index is 0.103. The number of carbonyl (C=O) groups is 1. The van der Waals surface area contributed by atoms with Gasteiger partial charge in [-0.25, -0.2) is 9.78 Å². The van der Waals surface area contributed by atoms with Gasteiger partial charge in [-0.3, -0.25) is 9.48 Å². The predicted octanol–water partition coefficient (Wildman–Crippen LogP) is 3.14. The lowest BCUT2D eigenvalue weighted by molar-refractivity contribution is -0.172. The molecule has 2 aliphatic rings. The van der Waals surface area contributed by atoms with Gasteiger partial charge in [-0.2, -0.15) is 0 Å². The smallest absolute Gasteiger partial charge is 0.343 e. The third kappa shape index (κ3) is 3.07. The first-order chi connectivity index (χ1) is 17.0. The number of aromatic nitrogens is 5. The largest absolute Gasteiger partial charge is 0.458 e. The second-order valence-corrected chi connectivity index (χ2v) is 9.15. The molecule has 0 unspecified atom stereocenters. The summed E-state index contributed by atoms with van der Waals surface area (Å²) < 4.78 is 8.67. The van der Waals surface area contributed by atoms with Gasteiger partial charge in [-0.15, -0.1) is 5.10 Å². The molecule has 0 fully saturated rings. The zero-order valence-corrected chi connectivity index (χ0v) is 19.6. The fraction of sp³-hybridized carbons (Fsp3) is 0.346. The molecule has 4 aromatic rings. The maximum atomic E-state index is 13.5. The first kappa shape index (κ1) is 21.7. The Labute approximate surface area is 201 Å². The van der Waals surface area contributed by atoms with Gasteiger partial charge >= 0.3 is 5.97 Å². The van der Waals surface area contributed by atoms with Crippen LogP contribution in [-0.2, 0) is 34.8 Å². The number of cyclic esters (lactones) is 1. The molecule has 2 aliphatic heterocycles. The highest BCUT2D eigenvalue weighted by Crippen LogP contribution is 2.42. The third-order valence-corrected chi connectivity index (χ3v) is 7.13. The molecule has 3 aromatic heterocycles. The van der Waals surface area contributed by atoms with Crippen molar-refractivity contribution >= 4 is 16.9 Å². The van der Waals surface area contributed by atoms with E-state index in [-0.39, 0.29) is 18.6 Å². The predicted molar refractivity (Wildman–Crippen MR) is 128 cm³/mol. The fourth-order valence-electron chi connectivity index (χ4n) is 5.16. The van der Waals surface area contributed by atoms with E-state index in [0.717, 1.165) is 47.1 Å². The third-order valence-electron chi connectivity index (χ3n) is 7.13. The van der Waals surface area contributed by atoms with Crippen molar-refractivity contribution in [3.05, 3.63) is 63.6 Å². The Morgan fingerprint density at radius 1 is 1.17 bits per heavy atom. The van der Waals surface area contributed by atoms with Crippen molar-refractivity contribution in [2.45, 2.75) is 58.4 Å². The van der Waals surface area contributed by atoms with Gasteiger partial charge in [0.15, 0.2) is 5.60 Å². The number of pyridine rings is 2. The van der Waals surface area contributed by atoms with Gasteiger partial charge < -0.3 is 14.4 Å². The summed E-state index contributed by atoms with van der Waals surface area (Å²) in [6.45, 7) is 4.77. The van der Waals surface area contributed by atoms with Crippen LogP contribution in [0.4, 0.5) is 0 Å². The van der Waals surface area contributed by atoms with E-state index in [1.807, 2.05) is 35.1 Å². The summed E-state index contributed by atoms with van der Waals surface area (Å²) >= 11 is 0. The van der Waals surface area contributed by atoms with E-state index in [4.69, 9.17) is 9.72 Å². The Bertz CT molecular complexity index is 1570. The van der Waals surface area contributed by atoms with E-state index < -0.39 is 11.6 Å². The Morgan fingerprint density at radius 2 is 2.00 bits per heavy atom. The van der Waals surface area contributed by atoms with Gasteiger partial charge in [0.05, 0.1) is 35.2 Å². The number of para-hydroxylation sites is 1. The monoisotopic (exact) mass is 471 g/mol. The maximum Gasteiger partial charge on any atom is 0.343 e. The molecule has 0 saturated heterocycles. The Hall–Kier alpha value is -3.85. The SMILES string of the molecule is CCCCn1cc(-c2c3c(nc4ccccc24)-c2cc4c(c(=O)n2C3)COC(=O)[C@]4(O)CC)nn1. The number of nitrogens with zero attached hydrogens (tertiary/aromatic N) is 5. The molecule has 1 atom stereocenters. The van der Waals surface area contributed by atoms with Crippen molar-refractivity contribution in [3.63, 3.8) is 0 Å². The number of unbranched alkanes of at least 4 members (excludes halogenated alkanes) is 1. The average Bonchev–Trinajstić information content (AvgIpc) is 3.49. The van der Waals surface area contributed by atoms with E-state index in [9.17, 15) is 14.7 Å². The first-order valence-corrected chi connectivity index (χ1v) is 12.0. The van der Waals surface area contributed by atoms with E-state index in [1.54, 1.807) is 17.6 Å². The number of hydrogen-bond acceptors (Lipinski definition) is 7. The molecule has 35 heavy (non-hydrogen) atoms. The summed E-state index contributed by atoms with van der Waals surface area (Å²) in [4.78, 5) is 30.9. The lowest BCUT2D eigenvalue weighted by Crippen LogP contribution is -2.44. The maximum absolute atomic E-state index is 13.5. The number of aliphatic hydroxyl groups is 1. The molecule has 0 spiro atoms. The number of carbonyl (C=O) groups excluding carboxylic acids is 1. The minimum atomic E-state index is -1.85. The highest BCUT2D eigenvalue weighted by Gasteiger charge is 2.45. The number of rotatable bonds is 5. The van der Waals surface area contributed by atoms with Crippen LogP contribution in [0.2, 0.25) is 0 Å². The molecule has 6 rings (SSSR count). The number of ether oxygens (including phenoxy) is 1. The van der Waals surface area contributed by atoms with Crippen LogP contribution in [0.3, 0.4) is 0 Å². The van der Waals surface area contributed by atoms with Crippen LogP contribution in [0, 0.1) is 0 Å². The topological polar surface area (TPSA) is 112 Å². The second-order valence-electron chi connectivity index (χ2n) is 9.15. The second kappa shape index (κ2) is 7.84. The summed E-state index contributed by atoms with van der Waals surface area (Å²) in [7, 11) is 0. The number of benzene rings is 1. The van der Waals surface area contributed by atoms with E-state index in [1.165, 1.54) is 0 Å². The molecule has 0 amide bonds. The molecule has 5 heterocycles. The molecule has 0 saturated carbocycles. The molecule has 0 aliphatic carbocycles. The lowest BCUT2D eigenvalue weighted by atomic mass is 9.86. The van der Waals surface area contributed by atoms with Crippen molar-refractivity contribution < 1.29 is 14.6 Å². The van der Waals surface area contributed by atoms with Crippen LogP contribution in [0.1, 0.15) is 49.8 Å². The molecule has 0 bridgehead atoms. The molecule has 9 nitrogen and oxygen atoms in total. The van der Waals surface area contributed by atoms with Gasteiger partial charge in [0, 0.05) is 28.6 Å². The summed E-state index contributed by atoms with van der Waals surface area (Å²) in [5.74, 6) is -0.731. The zero-order chi connectivity index (χ0) is 24.3. The van der Waals surface area contributed by atoms with Crippen LogP contribution >= 0.6 is 0 Å². The van der Waals surface area contributed by atoms with Gasteiger partial charge in [-0.1, -0.05) is 43.7 Å². The summed E-state index contributed by atoms with van der Waals surface area (Å²) in [6, 6.07) is 9.54. The molecule has 9 heteroatoms. The minimum Gasteiger partial charge on any atom is -0.458 e. The summed E-state index contributed by atoms with van der Waals surface area (Å²) in [6.07, 6.45) is 4.11. The quantitative estimate of drug-likeness (QED) is 0.392. The van der Waals surface area contributed by atoms with Crippen LogP contribution in [0.15, 0.2) is 41.3 Å². The fourth-order valence-corrected chi connectivity index (χ4v) is 5.16. The number of esters is 1. The zero-order valence-electron chi connectivity index (χ0n) is 19.6. The summed E-state index contributed by atoms with van der Waals surface area (Å²) in [5, 5.41) is 20.8. The van der Waals surface area contributed by atoms with Crippen molar-refractivity contribution in [2.24, 2.45) is 0 Å². The highest BCUT2D eigenvalue weighted by molar-refractivity contribution is 5.99. The normalized spacial score (nSPS) is 18.3. The van der Waals surface area contributed by atoms with Gasteiger partial charge in [0.1, 0.15) is 12.3 Å². The Balaban J connectivity index is 1.60. The molecule has 178 valence electrons. The Morgan fingerprint density at radius 3 is 2.80 bits per heavy atom. The molecular weight excluding hydrogens is 446 g/mol. The Kier molecular flexibility index (Phi) is 4.86. The first-order valence-electron chi connectivity index (χ1n) is 12.0. The lowest BCUT2D eigenvalue weighted by Gasteiger charge is -2.31. The van der Waals surface area contributed by atoms with Crippen LogP contribution in [0.5, 0.6) is 0 Å².